The Balaban J connectivity index is -0.000000134. The Kier molecular flexibility index (Phi) is 135. The molecule has 0 fully saturated rings. The summed E-state index contributed by atoms with van der Waals surface area (Å²) in [4.78, 5) is 0. The van der Waals surface area contributed by atoms with Crippen molar-refractivity contribution in [1.29, 1.82) is 0 Å². The van der Waals surface area contributed by atoms with Crippen LogP contribution >= 0.6 is 118 Å². The lowest BCUT2D eigenvalue weighted by Gasteiger charge is -2.02. The van der Waals surface area contributed by atoms with Gasteiger partial charge < -0.3 is 47.4 Å². The Hall–Kier alpha value is 1.54. The van der Waals surface area contributed by atoms with E-state index in [0.717, 1.165) is 123 Å². The fourth-order valence-electron chi connectivity index (χ4n) is 5.06. The number of hydrogen-bond acceptors (Lipinski definition) is 20. The summed E-state index contributed by atoms with van der Waals surface area (Å²) in [5.41, 5.74) is 2.79. The molecule has 0 aliphatic rings. The maximum atomic E-state index is 4.98. The number of rotatable bonds is 47. The molecule has 87 heavy (non-hydrogen) atoms. The van der Waals surface area contributed by atoms with E-state index in [-0.39, 0.29) is 0 Å². The fraction of sp³-hybridized carbons (Fsp3) is 0.821. The van der Waals surface area contributed by atoms with Crippen LogP contribution in [0.3, 0.4) is 0 Å². The molecule has 0 amide bonds. The second-order valence-corrected chi connectivity index (χ2v) is 31.0. The van der Waals surface area contributed by atoms with Crippen LogP contribution in [0.1, 0.15) is 111 Å². The highest BCUT2D eigenvalue weighted by Crippen LogP contribution is 2.13. The number of ether oxygens (including phenoxy) is 10. The molecule has 20 heteroatoms. The van der Waals surface area contributed by atoms with Crippen LogP contribution in [0.4, 0.5) is 0 Å². The summed E-state index contributed by atoms with van der Waals surface area (Å²) >= 11 is 19.3. The first-order chi connectivity index (χ1) is 42.4. The molecule has 0 atom stereocenters. The Morgan fingerprint density at radius 1 is 0.287 bits per heavy atom. The predicted molar refractivity (Wildman–Crippen MR) is 420 cm³/mol. The largest absolute Gasteiger partial charge is 0.385 e. The average Bonchev–Trinajstić information content (AvgIpc) is 3.58. The zero-order chi connectivity index (χ0) is 66.9. The summed E-state index contributed by atoms with van der Waals surface area (Å²) < 4.78 is 48.8. The molecule has 526 valence electrons. The molecule has 2 aromatic carbocycles. The molecule has 0 bridgehead atoms. The van der Waals surface area contributed by atoms with Crippen molar-refractivity contribution in [1.82, 2.24) is 0 Å². The quantitative estimate of drug-likeness (QED) is 0.0588. The van der Waals surface area contributed by atoms with Crippen LogP contribution in [0.5, 0.6) is 0 Å². The lowest BCUT2D eigenvalue weighted by molar-refractivity contribution is 0.200. The normalized spacial score (nSPS) is 9.95. The van der Waals surface area contributed by atoms with Gasteiger partial charge in [0.2, 0.25) is 0 Å². The predicted octanol–water partition coefficient (Wildman–Crippen LogP) is 18.9. The van der Waals surface area contributed by atoms with Gasteiger partial charge in [-0.2, -0.15) is 118 Å². The van der Waals surface area contributed by atoms with E-state index in [1.165, 1.54) is 101 Å². The van der Waals surface area contributed by atoms with Crippen molar-refractivity contribution in [3.63, 3.8) is 0 Å². The van der Waals surface area contributed by atoms with Gasteiger partial charge in [-0.15, -0.1) is 0 Å². The highest BCUT2D eigenvalue weighted by Gasteiger charge is 1.95. The van der Waals surface area contributed by atoms with E-state index in [0.29, 0.717) is 0 Å². The molecule has 0 unspecified atom stereocenters. The summed E-state index contributed by atoms with van der Waals surface area (Å²) in [5, 5.41) is 1.51. The lowest BCUT2D eigenvalue weighted by atomic mass is 10.2. The molecule has 0 saturated heterocycles. The molecule has 2 aromatic rings. The van der Waals surface area contributed by atoms with Gasteiger partial charge in [-0.05, 0) is 131 Å². The van der Waals surface area contributed by atoms with Gasteiger partial charge in [0.1, 0.15) is 0 Å². The molecule has 0 spiro atoms. The van der Waals surface area contributed by atoms with Crippen molar-refractivity contribution >= 4 is 118 Å². The Morgan fingerprint density at radius 2 is 0.563 bits per heavy atom. The van der Waals surface area contributed by atoms with Gasteiger partial charge in [-0.3, -0.25) is 0 Å². The molecule has 0 radical (unpaired) electrons. The maximum Gasteiger partial charge on any atom is 0.0553 e. The highest BCUT2D eigenvalue weighted by molar-refractivity contribution is 8.01. The Morgan fingerprint density at radius 3 is 0.908 bits per heavy atom. The van der Waals surface area contributed by atoms with Gasteiger partial charge in [0, 0.05) is 144 Å². The van der Waals surface area contributed by atoms with Crippen LogP contribution in [0.2, 0.25) is 0 Å². The molecule has 10 nitrogen and oxygen atoms in total. The van der Waals surface area contributed by atoms with Gasteiger partial charge in [-0.25, -0.2) is 0 Å². The van der Waals surface area contributed by atoms with Gasteiger partial charge >= 0.3 is 0 Å². The maximum absolute atomic E-state index is 4.98. The van der Waals surface area contributed by atoms with Crippen molar-refractivity contribution in [2.75, 3.05) is 230 Å². The third-order valence-corrected chi connectivity index (χ3v) is 19.3. The second kappa shape index (κ2) is 112. The zero-order valence-corrected chi connectivity index (χ0v) is 67.6. The summed E-state index contributed by atoms with van der Waals surface area (Å²) in [6, 6.07) is 21.1. The molecule has 0 aromatic heterocycles. The van der Waals surface area contributed by atoms with Gasteiger partial charge in [0.25, 0.3) is 0 Å². The zero-order valence-electron chi connectivity index (χ0n) is 59.4. The third-order valence-electron chi connectivity index (χ3n) is 9.41. The van der Waals surface area contributed by atoms with E-state index in [9.17, 15) is 0 Å². The SMILES string of the molecule is CCCSCCCOC.CCCSCCOC.CCSCCCOC.CCSCCOC.COCCCSC.COCCCSC(C)C.COCCCSCc1ccccc1.COCCSC.COCCSC(C)C.COCCSCc1ccccc1. The van der Waals surface area contributed by atoms with Crippen molar-refractivity contribution in [3.05, 3.63) is 71.8 Å². The molecule has 0 aliphatic heterocycles. The molecular weight excluding hydrogens is 1290 g/mol. The van der Waals surface area contributed by atoms with E-state index in [4.69, 9.17) is 47.4 Å². The van der Waals surface area contributed by atoms with Crippen LogP contribution in [-0.4, -0.2) is 241 Å². The highest BCUT2D eigenvalue weighted by atomic mass is 32.2. The summed E-state index contributed by atoms with van der Waals surface area (Å²) in [6.45, 7) is 26.5. The number of benzene rings is 2. The first-order valence-electron chi connectivity index (χ1n) is 31.0. The Bertz CT molecular complexity index is 1250. The lowest BCUT2D eigenvalue weighted by Crippen LogP contribution is -1.95. The number of hydrogen-bond donors (Lipinski definition) is 0. The fourth-order valence-corrected chi connectivity index (χ4v) is 11.8. The standard InChI is InChI=1S/C11H16OS.C10H14OS.2C7H16OS.3C6H14OS.2C5H12OS.C4H10OS/c1-12-8-5-9-13-10-11-6-3-2-4-7-11;1-11-7-8-12-9-10-5-3-2-4-6-10;1-7(2)9-6-4-5-8-3;1-3-6-9-7-4-5-8-2;1-6(2)8-5-4-7-3;1-3-8-6-4-5-7-2;1-3-5-8-6-4-7-2;1-6-4-3-5-7-2;1-3-7-5-4-6-2;1-5-3-4-6-2/h2-4,6-7H,5,8-10H2,1H3;2-6H,7-9H2,1H3;7H,4-6H2,1-3H3;3-7H2,1-2H3;6H,4-5H2,1-3H3;2*3-6H2,1-2H3;2*3-5H2,1-2H3;3-4H2,1-2H3. The van der Waals surface area contributed by atoms with E-state index < -0.39 is 0 Å². The van der Waals surface area contributed by atoms with Crippen molar-refractivity contribution < 1.29 is 47.4 Å². The van der Waals surface area contributed by atoms with E-state index in [1.807, 2.05) is 112 Å². The van der Waals surface area contributed by atoms with Crippen molar-refractivity contribution in [2.24, 2.45) is 0 Å². The van der Waals surface area contributed by atoms with Crippen LogP contribution < -0.4 is 0 Å². The monoisotopic (exact) mass is 1420 g/mol. The van der Waals surface area contributed by atoms with Crippen molar-refractivity contribution in [3.8, 4) is 0 Å². The minimum Gasteiger partial charge on any atom is -0.385 e. The van der Waals surface area contributed by atoms with Crippen LogP contribution in [-0.2, 0) is 58.9 Å². The van der Waals surface area contributed by atoms with Gasteiger partial charge in [-0.1, -0.05) is 116 Å². The second-order valence-electron chi connectivity index (χ2n) is 18.2. The topological polar surface area (TPSA) is 92.3 Å². The van der Waals surface area contributed by atoms with Crippen molar-refractivity contribution in [2.45, 2.75) is 122 Å². The van der Waals surface area contributed by atoms with Crippen LogP contribution in [0.25, 0.3) is 0 Å². The molecular formula is C67H138O10S10. The summed E-state index contributed by atoms with van der Waals surface area (Å²) in [6.07, 6.45) is 12.6. The molecule has 0 aliphatic carbocycles. The van der Waals surface area contributed by atoms with E-state index >= 15 is 0 Å². The van der Waals surface area contributed by atoms with Crippen LogP contribution in [0.15, 0.2) is 60.7 Å². The summed E-state index contributed by atoms with van der Waals surface area (Å²) in [5.74, 6) is 18.9. The average molecular weight is 1420 g/mol. The summed E-state index contributed by atoms with van der Waals surface area (Å²) in [7, 11) is 17.4. The first kappa shape index (κ1) is 105. The third kappa shape index (κ3) is 136. The van der Waals surface area contributed by atoms with Crippen LogP contribution in [0, 0.1) is 0 Å². The van der Waals surface area contributed by atoms with Gasteiger partial charge in [0.05, 0.1) is 33.0 Å². The molecule has 0 N–H and O–H groups in total. The number of thioether (sulfide) groups is 10. The van der Waals surface area contributed by atoms with E-state index in [1.54, 1.807) is 82.9 Å². The molecule has 2 rings (SSSR count). The Labute approximate surface area is 584 Å². The minimum absolute atomic E-state index is 0.741. The van der Waals surface area contributed by atoms with Gasteiger partial charge in [0.15, 0.2) is 0 Å². The molecule has 0 saturated carbocycles. The first-order valence-corrected chi connectivity index (χ1v) is 42.9. The molecule has 0 heterocycles. The smallest absolute Gasteiger partial charge is 0.0553 e. The minimum atomic E-state index is 0.741. The number of methoxy groups -OCH3 is 10. The van der Waals surface area contributed by atoms with E-state index in [2.05, 4.69) is 122 Å².